The summed E-state index contributed by atoms with van der Waals surface area (Å²) in [5, 5.41) is 24.0. The molecule has 0 radical (unpaired) electrons. The maximum absolute atomic E-state index is 13.6. The number of fused-ring (bicyclic) bond motifs is 4. The van der Waals surface area contributed by atoms with Crippen LogP contribution in [-0.4, -0.2) is 96.9 Å². The van der Waals surface area contributed by atoms with Crippen LogP contribution in [0.2, 0.25) is 0 Å². The zero-order valence-electron chi connectivity index (χ0n) is 77.7. The van der Waals surface area contributed by atoms with Gasteiger partial charge in [0.25, 0.3) is 5.24 Å². The summed E-state index contributed by atoms with van der Waals surface area (Å²) in [7, 11) is 0. The molecule has 0 atom stereocenters. The zero-order valence-corrected chi connectivity index (χ0v) is 80.9. The first-order valence-electron chi connectivity index (χ1n) is 43.8. The number of benzene rings is 11. The number of nitrogens with two attached hydrogens (primary N) is 3. The molecule has 26 heteroatoms. The molecule has 0 unspecified atom stereocenters. The van der Waals surface area contributed by atoms with Gasteiger partial charge in [0.15, 0.2) is 0 Å². The second-order valence-corrected chi connectivity index (χ2v) is 40.6. The average molecular weight is 1890 g/mol. The van der Waals surface area contributed by atoms with Gasteiger partial charge < -0.3 is 61.7 Å². The van der Waals surface area contributed by atoms with Crippen LogP contribution in [0.3, 0.4) is 0 Å². The number of nitrogen functional groups attached to an aromatic ring is 1. The fourth-order valence-corrected chi connectivity index (χ4v) is 17.5. The van der Waals surface area contributed by atoms with E-state index in [2.05, 4.69) is 100 Å². The molecule has 0 heterocycles. The van der Waals surface area contributed by atoms with Gasteiger partial charge in [-0.05, 0) is 291 Å². The Labute approximate surface area is 802 Å². The van der Waals surface area contributed by atoms with Crippen LogP contribution in [0.1, 0.15) is 167 Å². The minimum absolute atomic E-state index is 0.0514. The zero-order chi connectivity index (χ0) is 97.7. The van der Waals surface area contributed by atoms with E-state index in [0.29, 0.717) is 56.9 Å². The molecule has 0 fully saturated rings. The lowest BCUT2D eigenvalue weighted by atomic mass is 9.80. The Morgan fingerprint density at radius 2 is 0.627 bits per heavy atom. The van der Waals surface area contributed by atoms with E-state index in [4.69, 9.17) is 52.9 Å². The number of carboxylic acid groups (broad SMARTS) is 2. The number of aliphatic carboxylic acids is 2. The molecule has 0 saturated carbocycles. The summed E-state index contributed by atoms with van der Waals surface area (Å²) in [6.07, 6.45) is 1.73. The molecule has 0 spiro atoms. The molecule has 0 saturated heterocycles. The predicted octanol–water partition coefficient (Wildman–Crippen LogP) is 22.6. The lowest BCUT2D eigenvalue weighted by Crippen LogP contribution is -2.52. The van der Waals surface area contributed by atoms with Gasteiger partial charge in [0.2, 0.25) is 11.8 Å². The van der Waals surface area contributed by atoms with Gasteiger partial charge in [0.1, 0.15) is 39.3 Å². The molecule has 2 amide bonds. The van der Waals surface area contributed by atoms with Crippen molar-refractivity contribution in [2.75, 3.05) is 16.4 Å². The first-order chi connectivity index (χ1) is 63.2. The Hall–Kier alpha value is -12.4. The third kappa shape index (κ3) is 34.6. The highest BCUT2D eigenvalue weighted by Crippen LogP contribution is 2.44. The number of hydrogen-bond acceptors (Lipinski definition) is 20. The van der Waals surface area contributed by atoms with Gasteiger partial charge in [-0.2, -0.15) is 0 Å². The minimum Gasteiger partial charge on any atom is -0.481 e. The van der Waals surface area contributed by atoms with E-state index in [1.807, 2.05) is 208 Å². The number of thioether (sulfide) groups is 3. The van der Waals surface area contributed by atoms with Crippen LogP contribution >= 0.6 is 46.9 Å². The van der Waals surface area contributed by atoms with Crippen molar-refractivity contribution in [1.82, 2.24) is 0 Å². The van der Waals surface area contributed by atoms with E-state index in [9.17, 15) is 52.6 Å². The molecule has 4 aliphatic carbocycles. The number of anilines is 3. The third-order valence-electron chi connectivity index (χ3n) is 21.1. The SMILES string of the molecule is CC(C)(C)OC(=O)CC1(C(=O)Nc2ccc(SCc3ccccc3)cc2)Cc2ccccc2C1.CC(C)(C)OC(=O)CC1(C(=O)O)Cc2ccccc2C1.CC(C)(C)OC(=O)OC(=O)OC(C)(C)C.NC1(C(=O)Nc2ccc(SCc3ccccc3)cc2)Cc2ccccc2C1.NC1(C(=O)O)Cc2ccccc2C1.Nc1ccc(SCc2ccccc2)cc1.O=C(Cl)c1ccc(F)cc1. The van der Waals surface area contributed by atoms with E-state index in [0.717, 1.165) is 72.6 Å². The predicted molar refractivity (Wildman–Crippen MR) is 529 cm³/mol. The lowest BCUT2D eigenvalue weighted by molar-refractivity contribution is -0.164. The first kappa shape index (κ1) is 105. The Kier molecular flexibility index (Phi) is 37.7. The Morgan fingerprint density at radius 1 is 0.351 bits per heavy atom. The summed E-state index contributed by atoms with van der Waals surface area (Å²) in [6.45, 7) is 20.9. The van der Waals surface area contributed by atoms with E-state index in [1.165, 1.54) is 61.9 Å². The summed E-state index contributed by atoms with van der Waals surface area (Å²) in [6, 6.07) is 91.5. The highest BCUT2D eigenvalue weighted by atomic mass is 35.5. The van der Waals surface area contributed by atoms with E-state index >= 15 is 0 Å². The number of esters is 2. The molecule has 15 rings (SSSR count). The van der Waals surface area contributed by atoms with E-state index < -0.39 is 79.8 Å². The van der Waals surface area contributed by atoms with Crippen molar-refractivity contribution in [3.8, 4) is 0 Å². The van der Waals surface area contributed by atoms with Crippen LogP contribution in [-0.2, 0) is 121 Å². The van der Waals surface area contributed by atoms with Crippen LogP contribution < -0.4 is 27.8 Å². The van der Waals surface area contributed by atoms with E-state index in [1.54, 1.807) is 85.8 Å². The number of amides is 2. The van der Waals surface area contributed by atoms with Gasteiger partial charge in [-0.25, -0.2) is 14.0 Å². The molecule has 134 heavy (non-hydrogen) atoms. The summed E-state index contributed by atoms with van der Waals surface area (Å²) in [5.74, 6) is -0.450. The number of carbonyl (C=O) groups is 9. The summed E-state index contributed by atoms with van der Waals surface area (Å²) in [4.78, 5) is 110. The Bertz CT molecular complexity index is 5660. The van der Waals surface area contributed by atoms with Crippen LogP contribution in [0.4, 0.5) is 31.0 Å². The van der Waals surface area contributed by atoms with Gasteiger partial charge in [-0.3, -0.25) is 33.6 Å². The maximum atomic E-state index is 13.6. The fraction of sp³-hybridized carbons (Fsp3) is 0.306. The van der Waals surface area contributed by atoms with Crippen molar-refractivity contribution in [3.63, 3.8) is 0 Å². The van der Waals surface area contributed by atoms with Crippen LogP contribution in [0.5, 0.6) is 0 Å². The van der Waals surface area contributed by atoms with Gasteiger partial charge in [0.05, 0.1) is 23.7 Å². The smallest absolute Gasteiger partial charge is 0.481 e. The molecule has 10 N–H and O–H groups in total. The van der Waals surface area contributed by atoms with Crippen molar-refractivity contribution in [2.45, 2.75) is 213 Å². The van der Waals surface area contributed by atoms with Crippen molar-refractivity contribution in [1.29, 1.82) is 0 Å². The van der Waals surface area contributed by atoms with Crippen LogP contribution in [0.25, 0.3) is 0 Å². The molecule has 11 aromatic carbocycles. The molecule has 0 bridgehead atoms. The second-order valence-electron chi connectivity index (χ2n) is 37.2. The monoisotopic (exact) mass is 1890 g/mol. The van der Waals surface area contributed by atoms with Crippen LogP contribution in [0, 0.1) is 16.6 Å². The number of nitrogens with one attached hydrogen (secondary N) is 2. The van der Waals surface area contributed by atoms with Crippen molar-refractivity contribution in [3.05, 3.63) is 358 Å². The number of carbonyl (C=O) groups excluding carboxylic acids is 7. The van der Waals surface area contributed by atoms with Gasteiger partial charge in [0, 0.05) is 67.4 Å². The van der Waals surface area contributed by atoms with Crippen molar-refractivity contribution >= 4 is 117 Å². The molecule has 704 valence electrons. The van der Waals surface area contributed by atoms with Gasteiger partial charge in [-0.15, -0.1) is 35.3 Å². The highest BCUT2D eigenvalue weighted by Gasteiger charge is 2.49. The van der Waals surface area contributed by atoms with Crippen LogP contribution in [0.15, 0.2) is 300 Å². The molecule has 11 aromatic rings. The second kappa shape index (κ2) is 48.0. The van der Waals surface area contributed by atoms with Crippen molar-refractivity contribution in [2.24, 2.45) is 22.3 Å². The number of halogens is 2. The maximum Gasteiger partial charge on any atom is 0.519 e. The van der Waals surface area contributed by atoms with E-state index in [-0.39, 0.29) is 36.4 Å². The third-order valence-corrected chi connectivity index (χ3v) is 24.6. The Morgan fingerprint density at radius 3 is 0.925 bits per heavy atom. The number of hydrogen-bond donors (Lipinski definition) is 7. The first-order valence-corrected chi connectivity index (χ1v) is 47.1. The summed E-state index contributed by atoms with van der Waals surface area (Å²) in [5.41, 5.74) is 26.6. The van der Waals surface area contributed by atoms with Gasteiger partial charge in [-0.1, -0.05) is 188 Å². The molecular formula is C108H119ClFN5O16S3. The lowest BCUT2D eigenvalue weighted by Gasteiger charge is -2.29. The normalized spacial score (nSPS) is 14.0. The number of ether oxygens (including phenoxy) is 5. The molecule has 21 nitrogen and oxygen atoms in total. The molecule has 4 aliphatic rings. The molecule has 0 aliphatic heterocycles. The highest BCUT2D eigenvalue weighted by molar-refractivity contribution is 7.99. The Balaban J connectivity index is 0.000000182. The van der Waals surface area contributed by atoms with Gasteiger partial charge >= 0.3 is 36.2 Å². The topological polar surface area (TPSA) is 342 Å². The summed E-state index contributed by atoms with van der Waals surface area (Å²) < 4.78 is 36.9. The largest absolute Gasteiger partial charge is 0.519 e. The molecular weight excluding hydrogens is 1770 g/mol. The molecule has 0 aromatic heterocycles. The minimum atomic E-state index is -1.08. The number of rotatable bonds is 20. The standard InChI is InChI=1S/C29H31NO3S.C23H22N2OS.C16H20O4.C13H13NS.C10H11NO2.C10H18O5.C7H4ClFO/c1-28(2,3)33-26(31)19-29(17-22-11-7-8-12-23(22)18-29)27(32)30-24-13-15-25(16-14-24)34-20-21-9-5-4-6-10-21;24-23(14-18-8-4-5-9-19(18)15-23)22(26)25-20-10-12-21(13-11-20)27-16-17-6-2-1-3-7-17;1-15(2,3)20-13(17)10-16(14(18)19)8-11-6-4-5-7-12(11)9-16;14-12-6-8-13(9-7-12)15-10-11-4-2-1-3-5-11;11-10(9(12)13)5-7-3-1-2-4-8(7)6-10;1-9(2,3)14-7(11)13-8(12)15-10(4,5)6;8-7(10)5-1-3-6(9)4-2-5/h4-16H,17-20H2,1-3H3,(H,30,32);1-13H,14-16,24H2,(H,25,26);4-7H,8-10H2,1-3H3,(H,18,19);1-9H,10,14H2;1-4H,5-6,11H2,(H,12,13);1-6H3;1-4H. The fourth-order valence-electron chi connectivity index (χ4n) is 14.8. The average Bonchev–Trinajstić information content (AvgIpc) is 1.62. The summed E-state index contributed by atoms with van der Waals surface area (Å²) >= 11 is 10.5. The van der Waals surface area contributed by atoms with Crippen molar-refractivity contribution < 1.29 is 81.4 Å². The quantitative estimate of drug-likeness (QED) is 0.00930. The number of carboxylic acids is 2.